The highest BCUT2D eigenvalue weighted by Gasteiger charge is 2.08. The highest BCUT2D eigenvalue weighted by Crippen LogP contribution is 2.17. The van der Waals surface area contributed by atoms with Gasteiger partial charge in [0, 0.05) is 24.5 Å². The lowest BCUT2D eigenvalue weighted by atomic mass is 10.1. The SMILES string of the molecule is C=CCn1ccn2nc(-c3ccccc3)cc2c1=O. The van der Waals surface area contributed by atoms with Crippen LogP contribution in [0.15, 0.2) is 66.2 Å². The van der Waals surface area contributed by atoms with E-state index in [4.69, 9.17) is 0 Å². The van der Waals surface area contributed by atoms with Crippen molar-refractivity contribution < 1.29 is 0 Å². The molecule has 4 nitrogen and oxygen atoms in total. The number of benzene rings is 1. The molecular weight excluding hydrogens is 238 g/mol. The number of aromatic nitrogens is 3. The van der Waals surface area contributed by atoms with Gasteiger partial charge in [0.1, 0.15) is 5.52 Å². The highest BCUT2D eigenvalue weighted by molar-refractivity contribution is 5.65. The van der Waals surface area contributed by atoms with Crippen LogP contribution in [0.3, 0.4) is 0 Å². The van der Waals surface area contributed by atoms with Crippen LogP contribution >= 0.6 is 0 Å². The summed E-state index contributed by atoms with van der Waals surface area (Å²) >= 11 is 0. The molecule has 0 amide bonds. The van der Waals surface area contributed by atoms with Crippen molar-refractivity contribution in [2.75, 3.05) is 0 Å². The molecule has 2 aromatic heterocycles. The topological polar surface area (TPSA) is 39.3 Å². The molecule has 94 valence electrons. The maximum absolute atomic E-state index is 12.2. The zero-order valence-electron chi connectivity index (χ0n) is 10.4. The van der Waals surface area contributed by atoms with Gasteiger partial charge in [0.15, 0.2) is 0 Å². The monoisotopic (exact) mass is 251 g/mol. The molecule has 0 fully saturated rings. The summed E-state index contributed by atoms with van der Waals surface area (Å²) in [5.41, 5.74) is 2.32. The quantitative estimate of drug-likeness (QED) is 0.670. The molecule has 3 aromatic rings. The van der Waals surface area contributed by atoms with Crippen molar-refractivity contribution in [3.05, 3.63) is 71.8 Å². The summed E-state index contributed by atoms with van der Waals surface area (Å²) < 4.78 is 3.23. The third-order valence-corrected chi connectivity index (χ3v) is 3.00. The second kappa shape index (κ2) is 4.57. The number of rotatable bonds is 3. The minimum Gasteiger partial charge on any atom is -0.308 e. The van der Waals surface area contributed by atoms with Crippen molar-refractivity contribution in [1.29, 1.82) is 0 Å². The van der Waals surface area contributed by atoms with E-state index in [1.807, 2.05) is 36.4 Å². The van der Waals surface area contributed by atoms with Crippen molar-refractivity contribution >= 4 is 5.52 Å². The van der Waals surface area contributed by atoms with Crippen LogP contribution in [-0.2, 0) is 6.54 Å². The van der Waals surface area contributed by atoms with Gasteiger partial charge in [-0.3, -0.25) is 4.79 Å². The first-order valence-corrected chi connectivity index (χ1v) is 6.05. The molecule has 19 heavy (non-hydrogen) atoms. The van der Waals surface area contributed by atoms with Crippen molar-refractivity contribution in [3.63, 3.8) is 0 Å². The van der Waals surface area contributed by atoms with Gasteiger partial charge >= 0.3 is 0 Å². The molecule has 2 heterocycles. The van der Waals surface area contributed by atoms with E-state index in [0.717, 1.165) is 11.3 Å². The van der Waals surface area contributed by atoms with E-state index < -0.39 is 0 Å². The van der Waals surface area contributed by atoms with E-state index in [9.17, 15) is 4.79 Å². The zero-order chi connectivity index (χ0) is 13.2. The minimum atomic E-state index is -0.0583. The molecule has 0 radical (unpaired) electrons. The number of nitrogens with zero attached hydrogens (tertiary/aromatic N) is 3. The summed E-state index contributed by atoms with van der Waals surface area (Å²) in [4.78, 5) is 12.2. The smallest absolute Gasteiger partial charge is 0.276 e. The summed E-state index contributed by atoms with van der Waals surface area (Å²) in [6.45, 7) is 4.15. The van der Waals surface area contributed by atoms with Crippen molar-refractivity contribution in [1.82, 2.24) is 14.2 Å². The van der Waals surface area contributed by atoms with Gasteiger partial charge in [0.25, 0.3) is 5.56 Å². The van der Waals surface area contributed by atoms with Crippen molar-refractivity contribution in [2.45, 2.75) is 6.54 Å². The normalized spacial score (nSPS) is 10.7. The lowest BCUT2D eigenvalue weighted by molar-refractivity contribution is 0.760. The van der Waals surface area contributed by atoms with Gasteiger partial charge in [-0.1, -0.05) is 36.4 Å². The average Bonchev–Trinajstić information content (AvgIpc) is 2.88. The molecule has 0 saturated heterocycles. The molecule has 0 N–H and O–H groups in total. The predicted octanol–water partition coefficient (Wildman–Crippen LogP) is 2.35. The summed E-state index contributed by atoms with van der Waals surface area (Å²) in [6.07, 6.45) is 5.21. The Hall–Kier alpha value is -2.62. The fraction of sp³-hybridized carbons (Fsp3) is 0.0667. The molecule has 0 atom stereocenters. The van der Waals surface area contributed by atoms with Crippen LogP contribution < -0.4 is 5.56 Å². The van der Waals surface area contributed by atoms with Gasteiger partial charge in [0.05, 0.1) is 5.69 Å². The number of hydrogen-bond donors (Lipinski definition) is 0. The van der Waals surface area contributed by atoms with Gasteiger partial charge in [-0.2, -0.15) is 5.10 Å². The molecule has 4 heteroatoms. The molecular formula is C15H13N3O. The van der Waals surface area contributed by atoms with E-state index in [1.54, 1.807) is 27.6 Å². The van der Waals surface area contributed by atoms with Gasteiger partial charge in [-0.05, 0) is 6.07 Å². The second-order valence-electron chi connectivity index (χ2n) is 4.27. The molecule has 0 saturated carbocycles. The fourth-order valence-electron chi connectivity index (χ4n) is 2.06. The van der Waals surface area contributed by atoms with E-state index in [0.29, 0.717) is 12.1 Å². The molecule has 1 aromatic carbocycles. The van der Waals surface area contributed by atoms with E-state index in [-0.39, 0.29) is 5.56 Å². The molecule has 0 aliphatic carbocycles. The summed E-state index contributed by atoms with van der Waals surface area (Å²) in [6, 6.07) is 11.6. The zero-order valence-corrected chi connectivity index (χ0v) is 10.4. The largest absolute Gasteiger partial charge is 0.308 e. The Kier molecular flexibility index (Phi) is 2.76. The third kappa shape index (κ3) is 1.97. The lowest BCUT2D eigenvalue weighted by Gasteiger charge is -2.00. The van der Waals surface area contributed by atoms with Crippen molar-refractivity contribution in [3.8, 4) is 11.3 Å². The Morgan fingerprint density at radius 3 is 2.74 bits per heavy atom. The maximum Gasteiger partial charge on any atom is 0.276 e. The second-order valence-corrected chi connectivity index (χ2v) is 4.27. The van der Waals surface area contributed by atoms with Crippen LogP contribution in [0.5, 0.6) is 0 Å². The van der Waals surface area contributed by atoms with Crippen LogP contribution in [0.4, 0.5) is 0 Å². The van der Waals surface area contributed by atoms with Crippen LogP contribution in [0, 0.1) is 0 Å². The number of allylic oxidation sites excluding steroid dienone is 1. The predicted molar refractivity (Wildman–Crippen MR) is 75.1 cm³/mol. The number of fused-ring (bicyclic) bond motifs is 1. The molecule has 0 spiro atoms. The first-order chi connectivity index (χ1) is 9.29. The summed E-state index contributed by atoms with van der Waals surface area (Å²) in [7, 11) is 0. The molecule has 0 aliphatic heterocycles. The Balaban J connectivity index is 2.19. The van der Waals surface area contributed by atoms with E-state index >= 15 is 0 Å². The van der Waals surface area contributed by atoms with Gasteiger partial charge in [-0.25, -0.2) is 4.52 Å². The summed E-state index contributed by atoms with van der Waals surface area (Å²) in [5, 5.41) is 4.42. The molecule has 0 aliphatic rings. The van der Waals surface area contributed by atoms with Gasteiger partial charge in [-0.15, -0.1) is 6.58 Å². The standard InChI is InChI=1S/C15H13N3O/c1-2-8-17-9-10-18-14(15(17)19)11-13(16-18)12-6-4-3-5-7-12/h2-7,9-11H,1,8H2. The molecule has 0 bridgehead atoms. The van der Waals surface area contributed by atoms with Gasteiger partial charge < -0.3 is 4.57 Å². The molecule has 0 unspecified atom stereocenters. The van der Waals surface area contributed by atoms with Crippen molar-refractivity contribution in [2.24, 2.45) is 0 Å². The van der Waals surface area contributed by atoms with Gasteiger partial charge in [0.2, 0.25) is 0 Å². The third-order valence-electron chi connectivity index (χ3n) is 3.00. The Bertz CT molecular complexity index is 784. The average molecular weight is 251 g/mol. The highest BCUT2D eigenvalue weighted by atomic mass is 16.1. The Morgan fingerprint density at radius 2 is 2.00 bits per heavy atom. The fourth-order valence-corrected chi connectivity index (χ4v) is 2.06. The maximum atomic E-state index is 12.2. The van der Waals surface area contributed by atoms with Crippen LogP contribution in [0.1, 0.15) is 0 Å². The van der Waals surface area contributed by atoms with Crippen LogP contribution in [-0.4, -0.2) is 14.2 Å². The number of hydrogen-bond acceptors (Lipinski definition) is 2. The Labute approximate surface area is 110 Å². The summed E-state index contributed by atoms with van der Waals surface area (Å²) in [5.74, 6) is 0. The minimum absolute atomic E-state index is 0.0583. The first kappa shape index (κ1) is 11.5. The van der Waals surface area contributed by atoms with E-state index in [1.165, 1.54) is 0 Å². The van der Waals surface area contributed by atoms with Crippen LogP contribution in [0.25, 0.3) is 16.8 Å². The first-order valence-electron chi connectivity index (χ1n) is 6.05. The van der Waals surface area contributed by atoms with E-state index in [2.05, 4.69) is 11.7 Å². The lowest BCUT2D eigenvalue weighted by Crippen LogP contribution is -2.20. The Morgan fingerprint density at radius 1 is 1.21 bits per heavy atom. The van der Waals surface area contributed by atoms with Crippen LogP contribution in [0.2, 0.25) is 0 Å². The molecule has 3 rings (SSSR count).